The minimum atomic E-state index is -0.564. The maximum absolute atomic E-state index is 13.5. The molecule has 1 aromatic carbocycles. The summed E-state index contributed by atoms with van der Waals surface area (Å²) < 4.78 is 32.0. The van der Waals surface area contributed by atoms with Crippen molar-refractivity contribution in [1.82, 2.24) is 0 Å². The lowest BCUT2D eigenvalue weighted by Crippen LogP contribution is -2.32. The van der Waals surface area contributed by atoms with E-state index in [1.807, 2.05) is 0 Å². The SMILES string of the molecule is COC1CCC(C)(CN=C(N)Nc2cc(F)ccc2F)CC1. The maximum atomic E-state index is 13.5. The molecule has 0 heterocycles. The van der Waals surface area contributed by atoms with Crippen LogP contribution in [-0.4, -0.2) is 25.7 Å². The molecule has 0 aliphatic heterocycles. The van der Waals surface area contributed by atoms with Crippen LogP contribution in [0.4, 0.5) is 14.5 Å². The van der Waals surface area contributed by atoms with E-state index >= 15 is 0 Å². The molecular formula is C16H23F2N3O. The normalized spacial score (nSPS) is 26.0. The molecule has 0 amide bonds. The molecule has 2 rings (SSSR count). The van der Waals surface area contributed by atoms with Crippen LogP contribution in [0.2, 0.25) is 0 Å². The molecule has 0 radical (unpaired) electrons. The van der Waals surface area contributed by atoms with E-state index in [9.17, 15) is 8.78 Å². The van der Waals surface area contributed by atoms with Gasteiger partial charge in [-0.25, -0.2) is 8.78 Å². The fourth-order valence-electron chi connectivity index (χ4n) is 2.73. The third-order valence-corrected chi connectivity index (χ3v) is 4.30. The molecule has 1 saturated carbocycles. The Morgan fingerprint density at radius 1 is 1.41 bits per heavy atom. The van der Waals surface area contributed by atoms with Gasteiger partial charge < -0.3 is 15.8 Å². The highest BCUT2D eigenvalue weighted by Crippen LogP contribution is 2.37. The molecule has 1 aliphatic carbocycles. The zero-order valence-electron chi connectivity index (χ0n) is 13.0. The molecule has 0 unspecified atom stereocenters. The number of hydrogen-bond donors (Lipinski definition) is 2. The molecule has 22 heavy (non-hydrogen) atoms. The Morgan fingerprint density at radius 3 is 2.73 bits per heavy atom. The number of nitrogens with one attached hydrogen (secondary N) is 1. The molecule has 0 atom stereocenters. The summed E-state index contributed by atoms with van der Waals surface area (Å²) in [6.45, 7) is 2.72. The highest BCUT2D eigenvalue weighted by Gasteiger charge is 2.30. The van der Waals surface area contributed by atoms with Gasteiger partial charge in [0.2, 0.25) is 0 Å². The van der Waals surface area contributed by atoms with Gasteiger partial charge in [-0.15, -0.1) is 0 Å². The Balaban J connectivity index is 1.94. The topological polar surface area (TPSA) is 59.6 Å². The Bertz CT molecular complexity index is 540. The first-order valence-corrected chi connectivity index (χ1v) is 7.47. The number of nitrogens with two attached hydrogens (primary N) is 1. The smallest absolute Gasteiger partial charge is 0.193 e. The number of ether oxygens (including phenoxy) is 1. The van der Waals surface area contributed by atoms with E-state index in [4.69, 9.17) is 10.5 Å². The van der Waals surface area contributed by atoms with Crippen molar-refractivity contribution in [3.05, 3.63) is 29.8 Å². The Hall–Kier alpha value is -1.69. The van der Waals surface area contributed by atoms with Crippen molar-refractivity contribution in [2.75, 3.05) is 19.0 Å². The van der Waals surface area contributed by atoms with E-state index in [1.165, 1.54) is 0 Å². The van der Waals surface area contributed by atoms with E-state index in [1.54, 1.807) is 7.11 Å². The molecular weight excluding hydrogens is 288 g/mol. The van der Waals surface area contributed by atoms with Crippen LogP contribution < -0.4 is 11.1 Å². The van der Waals surface area contributed by atoms with Crippen molar-refractivity contribution in [3.8, 4) is 0 Å². The number of hydrogen-bond acceptors (Lipinski definition) is 2. The number of guanidine groups is 1. The van der Waals surface area contributed by atoms with Crippen molar-refractivity contribution >= 4 is 11.6 Å². The van der Waals surface area contributed by atoms with Crippen LogP contribution in [0.25, 0.3) is 0 Å². The van der Waals surface area contributed by atoms with Crippen molar-refractivity contribution in [2.45, 2.75) is 38.7 Å². The first kappa shape index (κ1) is 16.7. The summed E-state index contributed by atoms with van der Waals surface area (Å²) in [5.41, 5.74) is 5.85. The standard InChI is InChI=1S/C16H23F2N3O/c1-16(7-5-12(22-2)6-8-16)10-20-15(19)21-14-9-11(17)3-4-13(14)18/h3-4,9,12H,5-8,10H2,1-2H3,(H3,19,20,21). The third kappa shape index (κ3) is 4.40. The predicted molar refractivity (Wildman–Crippen MR) is 83.8 cm³/mol. The first-order valence-electron chi connectivity index (χ1n) is 7.47. The van der Waals surface area contributed by atoms with Crippen molar-refractivity contribution < 1.29 is 13.5 Å². The molecule has 0 bridgehead atoms. The quantitative estimate of drug-likeness (QED) is 0.662. The lowest BCUT2D eigenvalue weighted by molar-refractivity contribution is 0.0353. The zero-order valence-corrected chi connectivity index (χ0v) is 13.0. The molecule has 0 spiro atoms. The number of nitrogens with zero attached hydrogens (tertiary/aromatic N) is 1. The second kappa shape index (κ2) is 7.05. The lowest BCUT2D eigenvalue weighted by atomic mass is 9.75. The number of aliphatic imine (C=N–C) groups is 1. The molecule has 0 saturated heterocycles. The van der Waals surface area contributed by atoms with Crippen LogP contribution in [0.1, 0.15) is 32.6 Å². The van der Waals surface area contributed by atoms with E-state index < -0.39 is 11.6 Å². The summed E-state index contributed by atoms with van der Waals surface area (Å²) in [7, 11) is 1.74. The molecule has 6 heteroatoms. The van der Waals surface area contributed by atoms with Gasteiger partial charge in [0, 0.05) is 19.7 Å². The molecule has 4 nitrogen and oxygen atoms in total. The average molecular weight is 311 g/mol. The minimum absolute atomic E-state index is 0.00510. The van der Waals surface area contributed by atoms with Gasteiger partial charge >= 0.3 is 0 Å². The van der Waals surface area contributed by atoms with E-state index in [-0.39, 0.29) is 17.1 Å². The summed E-state index contributed by atoms with van der Waals surface area (Å²) in [5.74, 6) is -0.993. The van der Waals surface area contributed by atoms with Gasteiger partial charge in [0.1, 0.15) is 11.6 Å². The van der Waals surface area contributed by atoms with Crippen LogP contribution in [0.15, 0.2) is 23.2 Å². The second-order valence-electron chi connectivity index (χ2n) is 6.20. The monoisotopic (exact) mass is 311 g/mol. The Morgan fingerprint density at radius 2 is 2.09 bits per heavy atom. The number of methoxy groups -OCH3 is 1. The third-order valence-electron chi connectivity index (χ3n) is 4.30. The Labute approximate surface area is 129 Å². The highest BCUT2D eigenvalue weighted by atomic mass is 19.1. The summed E-state index contributed by atoms with van der Waals surface area (Å²) >= 11 is 0. The van der Waals surface area contributed by atoms with Crippen molar-refractivity contribution in [3.63, 3.8) is 0 Å². The van der Waals surface area contributed by atoms with Gasteiger partial charge in [-0.3, -0.25) is 4.99 Å². The largest absolute Gasteiger partial charge is 0.381 e. The van der Waals surface area contributed by atoms with Crippen LogP contribution >= 0.6 is 0 Å². The van der Waals surface area contributed by atoms with Gasteiger partial charge in [-0.05, 0) is 43.2 Å². The van der Waals surface area contributed by atoms with Gasteiger partial charge in [0.15, 0.2) is 5.96 Å². The molecule has 1 fully saturated rings. The van der Waals surface area contributed by atoms with Crippen molar-refractivity contribution in [1.29, 1.82) is 0 Å². The average Bonchev–Trinajstić information content (AvgIpc) is 2.50. The summed E-state index contributed by atoms with van der Waals surface area (Å²) in [4.78, 5) is 4.29. The van der Waals surface area contributed by atoms with Gasteiger partial charge in [0.05, 0.1) is 11.8 Å². The lowest BCUT2D eigenvalue weighted by Gasteiger charge is -2.35. The number of rotatable bonds is 4. The minimum Gasteiger partial charge on any atom is -0.381 e. The summed E-state index contributed by atoms with van der Waals surface area (Å²) in [5, 5.41) is 2.62. The summed E-state index contributed by atoms with van der Waals surface area (Å²) in [6.07, 6.45) is 4.37. The van der Waals surface area contributed by atoms with Gasteiger partial charge in [-0.1, -0.05) is 6.92 Å². The molecule has 122 valence electrons. The molecule has 3 N–H and O–H groups in total. The van der Waals surface area contributed by atoms with Crippen LogP contribution in [0.5, 0.6) is 0 Å². The van der Waals surface area contributed by atoms with E-state index in [0.717, 1.165) is 43.9 Å². The van der Waals surface area contributed by atoms with Crippen molar-refractivity contribution in [2.24, 2.45) is 16.1 Å². The van der Waals surface area contributed by atoms with Crippen LogP contribution in [0.3, 0.4) is 0 Å². The fourth-order valence-corrected chi connectivity index (χ4v) is 2.73. The predicted octanol–water partition coefficient (Wildman–Crippen LogP) is 3.29. The first-order chi connectivity index (χ1) is 10.4. The van der Waals surface area contributed by atoms with Crippen LogP contribution in [0, 0.1) is 17.0 Å². The van der Waals surface area contributed by atoms with E-state index in [0.29, 0.717) is 12.6 Å². The van der Waals surface area contributed by atoms with Gasteiger partial charge in [0.25, 0.3) is 0 Å². The van der Waals surface area contributed by atoms with Gasteiger partial charge in [-0.2, -0.15) is 0 Å². The van der Waals surface area contributed by atoms with Crippen LogP contribution in [-0.2, 0) is 4.74 Å². The fraction of sp³-hybridized carbons (Fsp3) is 0.562. The zero-order chi connectivity index (χ0) is 16.2. The second-order valence-corrected chi connectivity index (χ2v) is 6.20. The number of halogens is 2. The van der Waals surface area contributed by atoms with E-state index in [2.05, 4.69) is 17.2 Å². The molecule has 1 aromatic rings. The summed E-state index contributed by atoms with van der Waals surface area (Å²) in [6, 6.07) is 3.17. The molecule has 0 aromatic heterocycles. The molecule has 1 aliphatic rings. The number of benzene rings is 1. The maximum Gasteiger partial charge on any atom is 0.193 e. The Kier molecular flexibility index (Phi) is 5.34. The highest BCUT2D eigenvalue weighted by molar-refractivity contribution is 5.92. The number of anilines is 1.